The van der Waals surface area contributed by atoms with Gasteiger partial charge in [-0.3, -0.25) is 0 Å². The summed E-state index contributed by atoms with van der Waals surface area (Å²) in [6, 6.07) is 0. The summed E-state index contributed by atoms with van der Waals surface area (Å²) in [4.78, 5) is 1.37. The average molecular weight is 174 g/mol. The van der Waals surface area contributed by atoms with Gasteiger partial charge in [-0.05, 0) is 23.7 Å². The van der Waals surface area contributed by atoms with Crippen molar-refractivity contribution in [3.63, 3.8) is 0 Å². The molecular weight excluding hydrogens is 159 g/mol. The third-order valence-electron chi connectivity index (χ3n) is 1.88. The molecule has 0 saturated heterocycles. The molecule has 1 aliphatic heterocycles. The van der Waals surface area contributed by atoms with Gasteiger partial charge in [0.25, 0.3) is 0 Å². The second-order valence-electron chi connectivity index (χ2n) is 3.23. The van der Waals surface area contributed by atoms with Crippen LogP contribution in [0.5, 0.6) is 0 Å². The summed E-state index contributed by atoms with van der Waals surface area (Å²) in [6.45, 7) is 4.16. The summed E-state index contributed by atoms with van der Waals surface area (Å²) < 4.78 is 12.3. The number of hydrogen-bond acceptors (Lipinski definition) is 1. The second kappa shape index (κ2) is 4.15. The van der Waals surface area contributed by atoms with E-state index in [1.54, 1.807) is 11.8 Å². The van der Waals surface area contributed by atoms with Gasteiger partial charge in [0, 0.05) is 5.25 Å². The Labute approximate surface area is 72.3 Å². The standard InChI is InChI=1S/C9H15FS/c1-7(2)9-5-3-4-8(6-10)11-9/h5,7-8H,3-4,6H2,1-2H3/t8-/m1/s1. The number of alkyl halides is 1. The third-order valence-corrected chi connectivity index (χ3v) is 3.48. The van der Waals surface area contributed by atoms with Crippen molar-refractivity contribution in [2.75, 3.05) is 6.67 Å². The van der Waals surface area contributed by atoms with Crippen LogP contribution in [0.3, 0.4) is 0 Å². The molecule has 1 aliphatic rings. The second-order valence-corrected chi connectivity index (χ2v) is 4.61. The van der Waals surface area contributed by atoms with Crippen LogP contribution in [0, 0.1) is 5.92 Å². The van der Waals surface area contributed by atoms with Crippen LogP contribution in [-0.2, 0) is 0 Å². The summed E-state index contributed by atoms with van der Waals surface area (Å²) in [5, 5.41) is 0.234. The van der Waals surface area contributed by atoms with Crippen molar-refractivity contribution in [1.82, 2.24) is 0 Å². The van der Waals surface area contributed by atoms with Gasteiger partial charge < -0.3 is 0 Å². The first-order valence-electron chi connectivity index (χ1n) is 4.16. The summed E-state index contributed by atoms with van der Waals surface area (Å²) in [5.74, 6) is 0.578. The molecule has 0 fully saturated rings. The average Bonchev–Trinajstić information content (AvgIpc) is 2.05. The molecular formula is C9H15FS. The van der Waals surface area contributed by atoms with E-state index in [2.05, 4.69) is 19.9 Å². The van der Waals surface area contributed by atoms with Gasteiger partial charge in [-0.25, -0.2) is 4.39 Å². The minimum Gasteiger partial charge on any atom is -0.250 e. The molecule has 0 spiro atoms. The van der Waals surface area contributed by atoms with E-state index in [0.29, 0.717) is 5.92 Å². The molecule has 1 rings (SSSR count). The van der Waals surface area contributed by atoms with Crippen LogP contribution in [0.15, 0.2) is 11.0 Å². The molecule has 0 amide bonds. The lowest BCUT2D eigenvalue weighted by Crippen LogP contribution is -2.10. The Kier molecular flexibility index (Phi) is 3.44. The Bertz CT molecular complexity index is 152. The zero-order chi connectivity index (χ0) is 8.27. The van der Waals surface area contributed by atoms with E-state index >= 15 is 0 Å². The first-order valence-corrected chi connectivity index (χ1v) is 5.04. The van der Waals surface area contributed by atoms with Gasteiger partial charge in [-0.1, -0.05) is 19.9 Å². The van der Waals surface area contributed by atoms with Crippen LogP contribution in [0.25, 0.3) is 0 Å². The highest BCUT2D eigenvalue weighted by Gasteiger charge is 2.17. The van der Waals surface area contributed by atoms with Crippen molar-refractivity contribution in [1.29, 1.82) is 0 Å². The molecule has 0 unspecified atom stereocenters. The maximum absolute atomic E-state index is 12.3. The molecule has 64 valence electrons. The fourth-order valence-electron chi connectivity index (χ4n) is 1.19. The molecule has 2 heteroatoms. The van der Waals surface area contributed by atoms with E-state index in [0.717, 1.165) is 12.8 Å². The van der Waals surface area contributed by atoms with Crippen LogP contribution in [0.1, 0.15) is 26.7 Å². The minimum absolute atomic E-state index is 0.172. The van der Waals surface area contributed by atoms with Crippen molar-refractivity contribution in [2.24, 2.45) is 5.92 Å². The van der Waals surface area contributed by atoms with E-state index in [1.165, 1.54) is 4.91 Å². The van der Waals surface area contributed by atoms with E-state index in [1.807, 2.05) is 0 Å². The Morgan fingerprint density at radius 1 is 1.73 bits per heavy atom. The maximum atomic E-state index is 12.3. The number of hydrogen-bond donors (Lipinski definition) is 0. The van der Waals surface area contributed by atoms with E-state index in [4.69, 9.17) is 0 Å². The molecule has 1 atom stereocenters. The highest BCUT2D eigenvalue weighted by atomic mass is 32.2. The number of allylic oxidation sites excluding steroid dienone is 2. The van der Waals surface area contributed by atoms with Gasteiger partial charge in [-0.15, -0.1) is 11.8 Å². The van der Waals surface area contributed by atoms with Gasteiger partial charge in [-0.2, -0.15) is 0 Å². The smallest absolute Gasteiger partial charge is 0.102 e. The molecule has 0 saturated carbocycles. The minimum atomic E-state index is -0.172. The van der Waals surface area contributed by atoms with Gasteiger partial charge in [0.15, 0.2) is 0 Å². The quantitative estimate of drug-likeness (QED) is 0.618. The Balaban J connectivity index is 2.48. The third kappa shape index (κ3) is 2.51. The zero-order valence-corrected chi connectivity index (χ0v) is 7.96. The maximum Gasteiger partial charge on any atom is 0.102 e. The van der Waals surface area contributed by atoms with Crippen LogP contribution in [-0.4, -0.2) is 11.9 Å². The molecule has 0 bridgehead atoms. The topological polar surface area (TPSA) is 0 Å². The van der Waals surface area contributed by atoms with Gasteiger partial charge in [0.05, 0.1) is 0 Å². The summed E-state index contributed by atoms with van der Waals surface area (Å²) in [7, 11) is 0. The lowest BCUT2D eigenvalue weighted by Gasteiger charge is -2.21. The fourth-order valence-corrected chi connectivity index (χ4v) is 2.38. The van der Waals surface area contributed by atoms with Crippen molar-refractivity contribution in [2.45, 2.75) is 31.9 Å². The van der Waals surface area contributed by atoms with Crippen LogP contribution in [0.2, 0.25) is 0 Å². The van der Waals surface area contributed by atoms with Gasteiger partial charge in [0.1, 0.15) is 6.67 Å². The normalized spacial score (nSPS) is 25.5. The SMILES string of the molecule is CC(C)C1=CCC[C@H](CF)S1. The molecule has 0 N–H and O–H groups in total. The highest BCUT2D eigenvalue weighted by Crippen LogP contribution is 2.35. The lowest BCUT2D eigenvalue weighted by atomic mass is 10.1. The predicted molar refractivity (Wildman–Crippen MR) is 49.5 cm³/mol. The number of thioether (sulfide) groups is 1. The molecule has 0 aromatic rings. The monoisotopic (exact) mass is 174 g/mol. The predicted octanol–water partition coefficient (Wildman–Crippen LogP) is 3.39. The summed E-state index contributed by atoms with van der Waals surface area (Å²) in [5.41, 5.74) is 0. The molecule has 0 aromatic carbocycles. The fraction of sp³-hybridized carbons (Fsp3) is 0.778. The van der Waals surface area contributed by atoms with Crippen molar-refractivity contribution < 1.29 is 4.39 Å². The van der Waals surface area contributed by atoms with Crippen molar-refractivity contribution in [3.05, 3.63) is 11.0 Å². The molecule has 0 aromatic heterocycles. The Morgan fingerprint density at radius 2 is 2.45 bits per heavy atom. The van der Waals surface area contributed by atoms with E-state index < -0.39 is 0 Å². The number of halogens is 1. The lowest BCUT2D eigenvalue weighted by molar-refractivity contribution is 0.470. The molecule has 0 aliphatic carbocycles. The highest BCUT2D eigenvalue weighted by molar-refractivity contribution is 8.03. The molecule has 11 heavy (non-hydrogen) atoms. The first-order chi connectivity index (χ1) is 5.24. The van der Waals surface area contributed by atoms with Gasteiger partial charge in [0.2, 0.25) is 0 Å². The molecule has 0 nitrogen and oxygen atoms in total. The first kappa shape index (κ1) is 9.11. The zero-order valence-electron chi connectivity index (χ0n) is 7.14. The van der Waals surface area contributed by atoms with Crippen LogP contribution in [0.4, 0.5) is 4.39 Å². The number of rotatable bonds is 2. The van der Waals surface area contributed by atoms with E-state index in [-0.39, 0.29) is 11.9 Å². The summed E-state index contributed by atoms with van der Waals surface area (Å²) >= 11 is 1.73. The van der Waals surface area contributed by atoms with Crippen molar-refractivity contribution in [3.8, 4) is 0 Å². The molecule has 1 heterocycles. The van der Waals surface area contributed by atoms with E-state index in [9.17, 15) is 4.39 Å². The summed E-state index contributed by atoms with van der Waals surface area (Å²) in [6.07, 6.45) is 4.33. The Morgan fingerprint density at radius 3 is 3.00 bits per heavy atom. The van der Waals surface area contributed by atoms with Crippen LogP contribution >= 0.6 is 11.8 Å². The Hall–Kier alpha value is 0.0200. The molecule has 0 radical (unpaired) electrons. The van der Waals surface area contributed by atoms with Gasteiger partial charge >= 0.3 is 0 Å². The van der Waals surface area contributed by atoms with Crippen molar-refractivity contribution >= 4 is 11.8 Å². The largest absolute Gasteiger partial charge is 0.250 e. The van der Waals surface area contributed by atoms with Crippen LogP contribution < -0.4 is 0 Å².